The van der Waals surface area contributed by atoms with Gasteiger partial charge < -0.3 is 10.6 Å². The van der Waals surface area contributed by atoms with Crippen LogP contribution in [0.25, 0.3) is 11.4 Å². The maximum Gasteiger partial charge on any atom is 0.233 e. The molecule has 0 unspecified atom stereocenters. The van der Waals surface area contributed by atoms with Crippen molar-refractivity contribution in [3.63, 3.8) is 0 Å². The molecule has 0 spiro atoms. The molecule has 31 heavy (non-hydrogen) atoms. The van der Waals surface area contributed by atoms with Crippen LogP contribution >= 0.6 is 0 Å². The van der Waals surface area contributed by atoms with E-state index in [0.717, 1.165) is 0 Å². The molecule has 0 bridgehead atoms. The van der Waals surface area contributed by atoms with Gasteiger partial charge in [0.25, 0.3) is 0 Å². The van der Waals surface area contributed by atoms with Gasteiger partial charge >= 0.3 is 0 Å². The summed E-state index contributed by atoms with van der Waals surface area (Å²) < 4.78 is 55.2. The quantitative estimate of drug-likeness (QED) is 0.450. The highest BCUT2D eigenvalue weighted by molar-refractivity contribution is 7.92. The van der Waals surface area contributed by atoms with Gasteiger partial charge in [0.2, 0.25) is 10.0 Å². The molecule has 0 atom stereocenters. The van der Waals surface area contributed by atoms with E-state index in [9.17, 15) is 17.2 Å². The first-order valence-corrected chi connectivity index (χ1v) is 11.0. The molecule has 0 aliphatic rings. The van der Waals surface area contributed by atoms with Gasteiger partial charge in [-0.1, -0.05) is 6.92 Å². The van der Waals surface area contributed by atoms with Gasteiger partial charge in [-0.05, 0) is 13.3 Å². The fourth-order valence-electron chi connectivity index (χ4n) is 2.62. The van der Waals surface area contributed by atoms with Crippen LogP contribution in [0.4, 0.5) is 31.9 Å². The molecule has 0 radical (unpaired) electrons. The molecule has 3 rings (SSSR count). The van der Waals surface area contributed by atoms with Crippen LogP contribution in [0.1, 0.15) is 20.3 Å². The van der Waals surface area contributed by atoms with Gasteiger partial charge in [-0.2, -0.15) is 0 Å². The first kappa shape index (κ1) is 22.2. The summed E-state index contributed by atoms with van der Waals surface area (Å²) in [5.41, 5.74) is -0.0556. The average Bonchev–Trinajstić information content (AvgIpc) is 2.74. The first-order chi connectivity index (χ1) is 14.8. The summed E-state index contributed by atoms with van der Waals surface area (Å²) in [6.45, 7) is 4.19. The summed E-state index contributed by atoms with van der Waals surface area (Å²) in [6.07, 6.45) is 5.08. The van der Waals surface area contributed by atoms with Crippen molar-refractivity contribution in [1.29, 1.82) is 0 Å². The molecule has 3 N–H and O–H groups in total. The molecule has 0 aliphatic heterocycles. The summed E-state index contributed by atoms with van der Waals surface area (Å²) in [7, 11) is -3.83. The number of rotatable bonds is 9. The molecule has 0 aliphatic carbocycles. The van der Waals surface area contributed by atoms with E-state index in [1.54, 1.807) is 13.0 Å². The van der Waals surface area contributed by atoms with E-state index in [1.165, 1.54) is 18.7 Å². The van der Waals surface area contributed by atoms with E-state index in [-0.39, 0.29) is 17.3 Å². The van der Waals surface area contributed by atoms with Crippen LogP contribution in [0.2, 0.25) is 0 Å². The standard InChI is InChI=1S/C18H20F2N8O2S/c1-3-7-31(29,30)28-17-14(20)15(11(19)9-24-17)27-18-16(22-5-6-23-18)12-8-13(21-4-2)26-10-25-12/h5-6,8-10H,3-4,7H2,1-2H3,(H,21,25,26)(H2,23,24,27,28). The molecule has 13 heteroatoms. The molecule has 164 valence electrons. The first-order valence-electron chi connectivity index (χ1n) is 9.33. The van der Waals surface area contributed by atoms with Crippen molar-refractivity contribution in [2.24, 2.45) is 0 Å². The Kier molecular flexibility index (Phi) is 6.84. The largest absolute Gasteiger partial charge is 0.370 e. The van der Waals surface area contributed by atoms with Gasteiger partial charge in [0, 0.05) is 25.0 Å². The minimum absolute atomic E-state index is 0.00927. The molecule has 0 saturated carbocycles. The van der Waals surface area contributed by atoms with Crippen molar-refractivity contribution in [1.82, 2.24) is 24.9 Å². The molecule has 0 amide bonds. The van der Waals surface area contributed by atoms with Gasteiger partial charge in [0.1, 0.15) is 23.5 Å². The number of pyridine rings is 1. The lowest BCUT2D eigenvalue weighted by Gasteiger charge is -2.14. The number of anilines is 4. The number of halogens is 2. The number of hydrogen-bond acceptors (Lipinski definition) is 9. The topological polar surface area (TPSA) is 135 Å². The minimum atomic E-state index is -3.83. The second kappa shape index (κ2) is 9.55. The third kappa shape index (κ3) is 5.36. The predicted octanol–water partition coefficient (Wildman–Crippen LogP) is 2.93. The average molecular weight is 450 g/mol. The Labute approximate surface area is 177 Å². The van der Waals surface area contributed by atoms with E-state index in [2.05, 4.69) is 35.6 Å². The molecule has 3 heterocycles. The Balaban J connectivity index is 1.99. The fraction of sp³-hybridized carbons (Fsp3) is 0.278. The Morgan fingerprint density at radius 2 is 1.77 bits per heavy atom. The third-order valence-electron chi connectivity index (χ3n) is 3.91. The number of hydrogen-bond donors (Lipinski definition) is 3. The van der Waals surface area contributed by atoms with Gasteiger partial charge in [0.05, 0.1) is 17.6 Å². The summed E-state index contributed by atoms with van der Waals surface area (Å²) in [6, 6.07) is 1.61. The lowest BCUT2D eigenvalue weighted by atomic mass is 10.2. The summed E-state index contributed by atoms with van der Waals surface area (Å²) >= 11 is 0. The molecule has 0 saturated heterocycles. The number of aromatic nitrogens is 5. The van der Waals surface area contributed by atoms with E-state index >= 15 is 0 Å². The van der Waals surface area contributed by atoms with Crippen molar-refractivity contribution >= 4 is 33.2 Å². The van der Waals surface area contributed by atoms with Crippen LogP contribution < -0.4 is 15.4 Å². The lowest BCUT2D eigenvalue weighted by molar-refractivity contribution is 0.580. The van der Waals surface area contributed by atoms with Crippen LogP contribution in [0.5, 0.6) is 0 Å². The minimum Gasteiger partial charge on any atom is -0.370 e. The highest BCUT2D eigenvalue weighted by atomic mass is 32.2. The summed E-state index contributed by atoms with van der Waals surface area (Å²) in [4.78, 5) is 20.0. The van der Waals surface area contributed by atoms with Crippen molar-refractivity contribution < 1.29 is 17.2 Å². The smallest absolute Gasteiger partial charge is 0.233 e. The maximum atomic E-state index is 14.9. The lowest BCUT2D eigenvalue weighted by Crippen LogP contribution is -2.18. The van der Waals surface area contributed by atoms with Gasteiger partial charge in [0.15, 0.2) is 23.3 Å². The Bertz CT molecular complexity index is 1180. The number of sulfonamides is 1. The molecule has 0 aromatic carbocycles. The zero-order chi connectivity index (χ0) is 22.4. The number of nitrogens with one attached hydrogen (secondary N) is 3. The zero-order valence-electron chi connectivity index (χ0n) is 16.7. The van der Waals surface area contributed by atoms with Crippen molar-refractivity contribution in [3.05, 3.63) is 42.6 Å². The van der Waals surface area contributed by atoms with Crippen molar-refractivity contribution in [3.8, 4) is 11.4 Å². The summed E-state index contributed by atoms with van der Waals surface area (Å²) in [5.74, 6) is -2.56. The highest BCUT2D eigenvalue weighted by Gasteiger charge is 2.21. The molecular weight excluding hydrogens is 430 g/mol. The molecule has 3 aromatic rings. The normalized spacial score (nSPS) is 11.2. The van der Waals surface area contributed by atoms with Crippen LogP contribution in [0.3, 0.4) is 0 Å². The highest BCUT2D eigenvalue weighted by Crippen LogP contribution is 2.30. The molecule has 0 fully saturated rings. The molecular formula is C18H20F2N8O2S. The van der Waals surface area contributed by atoms with E-state index in [0.29, 0.717) is 30.7 Å². The van der Waals surface area contributed by atoms with Crippen LogP contribution in [-0.2, 0) is 10.0 Å². The second-order valence-electron chi connectivity index (χ2n) is 6.26. The number of nitrogens with zero attached hydrogens (tertiary/aromatic N) is 5. The van der Waals surface area contributed by atoms with Gasteiger partial charge in [-0.15, -0.1) is 0 Å². The molecule has 3 aromatic heterocycles. The van der Waals surface area contributed by atoms with Crippen molar-refractivity contribution in [2.45, 2.75) is 20.3 Å². The Morgan fingerprint density at radius 3 is 2.52 bits per heavy atom. The summed E-state index contributed by atoms with van der Waals surface area (Å²) in [5, 5.41) is 5.57. The van der Waals surface area contributed by atoms with Crippen LogP contribution in [-0.4, -0.2) is 45.6 Å². The van der Waals surface area contributed by atoms with Crippen LogP contribution in [0, 0.1) is 11.6 Å². The van der Waals surface area contributed by atoms with Crippen molar-refractivity contribution in [2.75, 3.05) is 27.7 Å². The fourth-order valence-corrected chi connectivity index (χ4v) is 3.69. The van der Waals surface area contributed by atoms with Gasteiger partial charge in [-0.3, -0.25) is 4.72 Å². The Morgan fingerprint density at radius 1 is 1.00 bits per heavy atom. The van der Waals surface area contributed by atoms with Gasteiger partial charge in [-0.25, -0.2) is 42.1 Å². The zero-order valence-corrected chi connectivity index (χ0v) is 17.5. The second-order valence-corrected chi connectivity index (χ2v) is 8.10. The van der Waals surface area contributed by atoms with E-state index < -0.39 is 33.2 Å². The van der Waals surface area contributed by atoms with E-state index in [4.69, 9.17) is 0 Å². The SMILES string of the molecule is CCCS(=O)(=O)Nc1ncc(F)c(Nc2nccnc2-c2cc(NCC)ncn2)c1F. The molecule has 10 nitrogen and oxygen atoms in total. The van der Waals surface area contributed by atoms with Crippen LogP contribution in [0.15, 0.2) is 31.0 Å². The predicted molar refractivity (Wildman–Crippen MR) is 112 cm³/mol. The monoisotopic (exact) mass is 450 g/mol. The van der Waals surface area contributed by atoms with E-state index in [1.807, 2.05) is 11.6 Å². The maximum absolute atomic E-state index is 14.9. The third-order valence-corrected chi connectivity index (χ3v) is 5.36. The Hall–Kier alpha value is -3.48.